The Bertz CT molecular complexity index is 1030. The number of aliphatic hydroxyl groups excluding tert-OH is 1. The number of fused-ring (bicyclic) bond motifs is 1. The zero-order valence-corrected chi connectivity index (χ0v) is 18.4. The van der Waals surface area contributed by atoms with Crippen LogP contribution >= 0.6 is 11.6 Å². The van der Waals surface area contributed by atoms with E-state index in [1.165, 1.54) is 0 Å². The Balaban J connectivity index is 1.26. The maximum absolute atomic E-state index is 12.4. The van der Waals surface area contributed by atoms with Gasteiger partial charge in [-0.05, 0) is 29.8 Å². The second-order valence-electron chi connectivity index (χ2n) is 7.58. The van der Waals surface area contributed by atoms with E-state index in [-0.39, 0.29) is 25.7 Å². The van der Waals surface area contributed by atoms with Crippen LogP contribution in [0.4, 0.5) is 10.5 Å². The molecule has 0 saturated heterocycles. The van der Waals surface area contributed by atoms with E-state index < -0.39 is 24.3 Å². The number of urea groups is 1. The highest BCUT2D eigenvalue weighted by Crippen LogP contribution is 2.34. The van der Waals surface area contributed by atoms with Gasteiger partial charge in [-0.1, -0.05) is 35.9 Å². The summed E-state index contributed by atoms with van der Waals surface area (Å²) in [6, 6.07) is 11.2. The van der Waals surface area contributed by atoms with E-state index in [0.29, 0.717) is 28.8 Å². The molecule has 2 aliphatic rings. The van der Waals surface area contributed by atoms with Gasteiger partial charge in [-0.3, -0.25) is 4.79 Å². The predicted octanol–water partition coefficient (Wildman–Crippen LogP) is 2.58. The number of hydrogen-bond donors (Lipinski definition) is 4. The topological polar surface area (TPSA) is 118 Å². The summed E-state index contributed by atoms with van der Waals surface area (Å²) in [5.74, 6) is 0.982. The van der Waals surface area contributed by atoms with Crippen molar-refractivity contribution in [3.63, 3.8) is 0 Å². The summed E-state index contributed by atoms with van der Waals surface area (Å²) in [6.07, 6.45) is 2.32. The van der Waals surface area contributed by atoms with Crippen molar-refractivity contribution in [2.45, 2.75) is 31.2 Å². The molecule has 10 heteroatoms. The van der Waals surface area contributed by atoms with Gasteiger partial charge in [0.1, 0.15) is 6.10 Å². The van der Waals surface area contributed by atoms with Gasteiger partial charge < -0.3 is 35.3 Å². The first-order chi connectivity index (χ1) is 16.0. The molecular weight excluding hydrogens is 450 g/mol. The Morgan fingerprint density at radius 1 is 1.06 bits per heavy atom. The van der Waals surface area contributed by atoms with Gasteiger partial charge in [-0.25, -0.2) is 4.79 Å². The first kappa shape index (κ1) is 22.9. The molecule has 2 aliphatic heterocycles. The zero-order chi connectivity index (χ0) is 23.2. The van der Waals surface area contributed by atoms with Crippen molar-refractivity contribution in [1.82, 2.24) is 10.6 Å². The van der Waals surface area contributed by atoms with Crippen molar-refractivity contribution in [3.05, 3.63) is 65.2 Å². The van der Waals surface area contributed by atoms with Crippen LogP contribution in [0.15, 0.2) is 54.6 Å². The number of rotatable bonds is 7. The third-order valence-corrected chi connectivity index (χ3v) is 5.43. The van der Waals surface area contributed by atoms with Crippen molar-refractivity contribution in [2.75, 3.05) is 18.7 Å². The summed E-state index contributed by atoms with van der Waals surface area (Å²) < 4.78 is 16.4. The average molecular weight is 474 g/mol. The van der Waals surface area contributed by atoms with Crippen LogP contribution in [-0.4, -0.2) is 48.7 Å². The van der Waals surface area contributed by atoms with Gasteiger partial charge >= 0.3 is 6.03 Å². The maximum Gasteiger partial charge on any atom is 0.319 e. The summed E-state index contributed by atoms with van der Waals surface area (Å²) in [4.78, 5) is 24.7. The van der Waals surface area contributed by atoms with E-state index in [9.17, 15) is 14.7 Å². The van der Waals surface area contributed by atoms with E-state index in [4.69, 9.17) is 25.8 Å². The molecule has 3 atom stereocenters. The SMILES string of the molecule is O=C(C[C@H]1C=C[C@@H](NC(=O)Nc2ccc3c(c2)OCO3)[C@H](CO)O1)NCc1ccc(Cl)cc1. The van der Waals surface area contributed by atoms with Crippen LogP contribution in [0.25, 0.3) is 0 Å². The van der Waals surface area contributed by atoms with Gasteiger partial charge in [0.05, 0.1) is 25.2 Å². The minimum absolute atomic E-state index is 0.0940. The molecule has 0 unspecified atom stereocenters. The minimum atomic E-state index is -0.688. The minimum Gasteiger partial charge on any atom is -0.454 e. The predicted molar refractivity (Wildman–Crippen MR) is 121 cm³/mol. The van der Waals surface area contributed by atoms with Crippen molar-refractivity contribution in [1.29, 1.82) is 0 Å². The van der Waals surface area contributed by atoms with Crippen LogP contribution in [0.3, 0.4) is 0 Å². The van der Waals surface area contributed by atoms with Crippen molar-refractivity contribution >= 4 is 29.2 Å². The number of anilines is 1. The number of aliphatic hydroxyl groups is 1. The highest BCUT2D eigenvalue weighted by molar-refractivity contribution is 6.30. The molecule has 0 aromatic heterocycles. The molecule has 2 heterocycles. The Hall–Kier alpha value is -3.27. The van der Waals surface area contributed by atoms with E-state index in [1.807, 2.05) is 12.1 Å². The summed E-state index contributed by atoms with van der Waals surface area (Å²) in [5.41, 5.74) is 1.46. The lowest BCUT2D eigenvalue weighted by molar-refractivity contribution is -0.125. The van der Waals surface area contributed by atoms with Gasteiger partial charge in [0.15, 0.2) is 11.5 Å². The van der Waals surface area contributed by atoms with Gasteiger partial charge in [-0.15, -0.1) is 0 Å². The third kappa shape index (κ3) is 6.16. The van der Waals surface area contributed by atoms with Crippen molar-refractivity contribution in [3.8, 4) is 11.5 Å². The number of carbonyl (C=O) groups excluding carboxylic acids is 2. The Kier molecular flexibility index (Phi) is 7.33. The van der Waals surface area contributed by atoms with Crippen LogP contribution in [0.2, 0.25) is 5.02 Å². The van der Waals surface area contributed by atoms with Gasteiger partial charge in [0.25, 0.3) is 0 Å². The summed E-state index contributed by atoms with van der Waals surface area (Å²) in [6.45, 7) is 0.204. The molecule has 0 radical (unpaired) electrons. The first-order valence-corrected chi connectivity index (χ1v) is 10.8. The Morgan fingerprint density at radius 3 is 2.64 bits per heavy atom. The largest absolute Gasteiger partial charge is 0.454 e. The second-order valence-corrected chi connectivity index (χ2v) is 8.02. The molecule has 3 amide bonds. The fourth-order valence-corrected chi connectivity index (χ4v) is 3.61. The lowest BCUT2D eigenvalue weighted by atomic mass is 10.0. The standard InChI is InChI=1S/C23H24ClN3O6/c24-15-3-1-14(2-4-15)11-25-22(29)10-17-6-7-18(21(12-28)33-17)27-23(30)26-16-5-8-19-20(9-16)32-13-31-19/h1-9,17-18,21,28H,10-13H2,(H,25,29)(H2,26,27,30)/t17-,18-,21+/m1/s1. The molecule has 33 heavy (non-hydrogen) atoms. The van der Waals surface area contributed by atoms with Crippen LogP contribution < -0.4 is 25.4 Å². The Morgan fingerprint density at radius 2 is 1.85 bits per heavy atom. The molecule has 4 N–H and O–H groups in total. The van der Waals surface area contributed by atoms with Crippen LogP contribution in [0, 0.1) is 0 Å². The number of ether oxygens (including phenoxy) is 3. The number of carbonyl (C=O) groups is 2. The Labute approximate surface area is 195 Å². The molecule has 0 spiro atoms. The highest BCUT2D eigenvalue weighted by Gasteiger charge is 2.29. The molecule has 2 aromatic carbocycles. The fraction of sp³-hybridized carbons (Fsp3) is 0.304. The molecule has 4 rings (SSSR count). The summed E-state index contributed by atoms with van der Waals surface area (Å²) in [5, 5.41) is 18.7. The second kappa shape index (κ2) is 10.6. The van der Waals surface area contributed by atoms with E-state index in [1.54, 1.807) is 42.5 Å². The molecule has 2 aromatic rings. The van der Waals surface area contributed by atoms with E-state index in [0.717, 1.165) is 5.56 Å². The smallest absolute Gasteiger partial charge is 0.319 e. The van der Waals surface area contributed by atoms with Gasteiger partial charge in [0.2, 0.25) is 12.7 Å². The molecule has 0 bridgehead atoms. The zero-order valence-electron chi connectivity index (χ0n) is 17.6. The fourth-order valence-electron chi connectivity index (χ4n) is 3.49. The number of halogens is 1. The van der Waals surface area contributed by atoms with E-state index >= 15 is 0 Å². The highest BCUT2D eigenvalue weighted by atomic mass is 35.5. The van der Waals surface area contributed by atoms with E-state index in [2.05, 4.69) is 16.0 Å². The van der Waals surface area contributed by atoms with Crippen LogP contribution in [0.5, 0.6) is 11.5 Å². The molecule has 0 fully saturated rings. The molecule has 9 nitrogen and oxygen atoms in total. The normalized spacial score (nSPS) is 20.8. The molecule has 174 valence electrons. The third-order valence-electron chi connectivity index (χ3n) is 5.18. The number of benzene rings is 2. The summed E-state index contributed by atoms with van der Waals surface area (Å²) in [7, 11) is 0. The molecule has 0 saturated carbocycles. The van der Waals surface area contributed by atoms with Crippen LogP contribution in [-0.2, 0) is 16.1 Å². The number of hydrogen-bond acceptors (Lipinski definition) is 6. The van der Waals surface area contributed by atoms with Crippen molar-refractivity contribution in [2.24, 2.45) is 0 Å². The van der Waals surface area contributed by atoms with Gasteiger partial charge in [0, 0.05) is 23.3 Å². The average Bonchev–Trinajstić information content (AvgIpc) is 3.27. The summed E-state index contributed by atoms with van der Waals surface area (Å²) >= 11 is 5.86. The van der Waals surface area contributed by atoms with Crippen molar-refractivity contribution < 1.29 is 28.9 Å². The quantitative estimate of drug-likeness (QED) is 0.459. The number of nitrogens with one attached hydrogen (secondary N) is 3. The molecular formula is C23H24ClN3O6. The molecule has 0 aliphatic carbocycles. The maximum atomic E-state index is 12.4. The number of amides is 3. The van der Waals surface area contributed by atoms with Gasteiger partial charge in [-0.2, -0.15) is 0 Å². The lowest BCUT2D eigenvalue weighted by Gasteiger charge is -2.31. The lowest BCUT2D eigenvalue weighted by Crippen LogP contribution is -2.50. The monoisotopic (exact) mass is 473 g/mol. The van der Waals surface area contributed by atoms with Crippen LogP contribution in [0.1, 0.15) is 12.0 Å². The first-order valence-electron chi connectivity index (χ1n) is 10.4.